The van der Waals surface area contributed by atoms with Crippen LogP contribution in [0.4, 0.5) is 0 Å². The first-order chi connectivity index (χ1) is 7.69. The highest BCUT2D eigenvalue weighted by Crippen LogP contribution is 2.11. The second kappa shape index (κ2) is 6.66. The molecule has 0 aliphatic carbocycles. The largest absolute Gasteiger partial charge is 0.376 e. The Bertz CT molecular complexity index is 243. The lowest BCUT2D eigenvalue weighted by Crippen LogP contribution is -2.52. The Balaban J connectivity index is 2.42. The predicted molar refractivity (Wildman–Crippen MR) is 64.3 cm³/mol. The molecule has 0 radical (unpaired) electrons. The van der Waals surface area contributed by atoms with Crippen LogP contribution >= 0.6 is 0 Å². The maximum absolute atomic E-state index is 11.8. The molecular formula is C12H22N2O2. The number of nitrogens with one attached hydrogen (secondary N) is 1. The Hall–Kier alpha value is -0.870. The molecule has 1 fully saturated rings. The van der Waals surface area contributed by atoms with Crippen LogP contribution in [0.2, 0.25) is 0 Å². The van der Waals surface area contributed by atoms with Gasteiger partial charge < -0.3 is 10.1 Å². The van der Waals surface area contributed by atoms with Crippen LogP contribution in [0.25, 0.3) is 0 Å². The molecule has 0 unspecified atom stereocenters. The number of carbonyl (C=O) groups excluding carboxylic acids is 1. The van der Waals surface area contributed by atoms with Gasteiger partial charge in [-0.05, 0) is 13.3 Å². The summed E-state index contributed by atoms with van der Waals surface area (Å²) in [5.74, 6) is 0.0663. The van der Waals surface area contributed by atoms with Crippen molar-refractivity contribution in [1.29, 1.82) is 0 Å². The van der Waals surface area contributed by atoms with E-state index in [0.717, 1.165) is 26.1 Å². The molecule has 92 valence electrons. The monoisotopic (exact) mass is 226 g/mol. The van der Waals surface area contributed by atoms with E-state index in [9.17, 15) is 4.79 Å². The first-order valence-corrected chi connectivity index (χ1v) is 5.93. The molecule has 1 amide bonds. The number of carbonyl (C=O) groups is 1. The van der Waals surface area contributed by atoms with E-state index in [2.05, 4.69) is 23.7 Å². The van der Waals surface area contributed by atoms with Gasteiger partial charge in [-0.2, -0.15) is 0 Å². The highest BCUT2D eigenvalue weighted by atomic mass is 16.5. The van der Waals surface area contributed by atoms with Crippen molar-refractivity contribution in [1.82, 2.24) is 10.2 Å². The molecule has 1 N–H and O–H groups in total. The van der Waals surface area contributed by atoms with Crippen molar-refractivity contribution < 1.29 is 9.53 Å². The van der Waals surface area contributed by atoms with Crippen LogP contribution in [0, 0.1) is 0 Å². The van der Waals surface area contributed by atoms with Crippen LogP contribution in [0.1, 0.15) is 20.3 Å². The van der Waals surface area contributed by atoms with Crippen LogP contribution < -0.4 is 5.32 Å². The molecule has 1 aliphatic rings. The van der Waals surface area contributed by atoms with Gasteiger partial charge in [-0.3, -0.25) is 9.69 Å². The number of hydrogen-bond donors (Lipinski definition) is 1. The molecule has 1 aliphatic heterocycles. The van der Waals surface area contributed by atoms with Gasteiger partial charge in [0.1, 0.15) is 0 Å². The maximum atomic E-state index is 11.8. The Morgan fingerprint density at radius 2 is 2.50 bits per heavy atom. The van der Waals surface area contributed by atoms with Gasteiger partial charge in [0.25, 0.3) is 0 Å². The Morgan fingerprint density at radius 1 is 1.75 bits per heavy atom. The lowest BCUT2D eigenvalue weighted by molar-refractivity contribution is -0.129. The average Bonchev–Trinajstić information content (AvgIpc) is 2.35. The lowest BCUT2D eigenvalue weighted by Gasteiger charge is -2.35. The molecule has 4 nitrogen and oxygen atoms in total. The van der Waals surface area contributed by atoms with Gasteiger partial charge in [0.2, 0.25) is 5.91 Å². The first kappa shape index (κ1) is 13.2. The fraction of sp³-hybridized carbons (Fsp3) is 0.750. The molecular weight excluding hydrogens is 204 g/mol. The molecule has 0 saturated carbocycles. The van der Waals surface area contributed by atoms with Gasteiger partial charge >= 0.3 is 0 Å². The smallest absolute Gasteiger partial charge is 0.237 e. The molecule has 1 saturated heterocycles. The molecule has 0 aromatic heterocycles. The van der Waals surface area contributed by atoms with Gasteiger partial charge in [0.15, 0.2) is 0 Å². The summed E-state index contributed by atoms with van der Waals surface area (Å²) in [5.41, 5.74) is 0. The van der Waals surface area contributed by atoms with Crippen molar-refractivity contribution in [3.8, 4) is 0 Å². The summed E-state index contributed by atoms with van der Waals surface area (Å²) in [6.45, 7) is 10.6. The number of morpholine rings is 1. The molecule has 2 atom stereocenters. The molecule has 0 bridgehead atoms. The molecule has 4 heteroatoms. The normalized spacial score (nSPS) is 23.8. The van der Waals surface area contributed by atoms with E-state index in [4.69, 9.17) is 4.74 Å². The SMILES string of the molecule is C=CCNC(=O)[C@@H](C)N1CCO[C@H](CC)C1. The topological polar surface area (TPSA) is 41.6 Å². The molecule has 0 aromatic carbocycles. The van der Waals surface area contributed by atoms with Crippen LogP contribution in [0.3, 0.4) is 0 Å². The second-order valence-electron chi connectivity index (χ2n) is 4.11. The van der Waals surface area contributed by atoms with Gasteiger partial charge in [0.05, 0.1) is 18.8 Å². The van der Waals surface area contributed by atoms with E-state index in [-0.39, 0.29) is 18.1 Å². The van der Waals surface area contributed by atoms with Crippen molar-refractivity contribution >= 4 is 5.91 Å². The molecule has 0 aromatic rings. The molecule has 1 rings (SSSR count). The Morgan fingerprint density at radius 3 is 3.12 bits per heavy atom. The second-order valence-corrected chi connectivity index (χ2v) is 4.11. The fourth-order valence-corrected chi connectivity index (χ4v) is 1.83. The molecule has 1 heterocycles. The van der Waals surface area contributed by atoms with E-state index in [1.165, 1.54) is 0 Å². The van der Waals surface area contributed by atoms with Crippen molar-refractivity contribution in [2.45, 2.75) is 32.4 Å². The van der Waals surface area contributed by atoms with Crippen molar-refractivity contribution in [3.05, 3.63) is 12.7 Å². The van der Waals surface area contributed by atoms with Gasteiger partial charge in [-0.1, -0.05) is 13.0 Å². The van der Waals surface area contributed by atoms with Crippen LogP contribution in [0.15, 0.2) is 12.7 Å². The van der Waals surface area contributed by atoms with E-state index in [1.807, 2.05) is 6.92 Å². The van der Waals surface area contributed by atoms with Crippen LogP contribution in [-0.2, 0) is 9.53 Å². The summed E-state index contributed by atoms with van der Waals surface area (Å²) in [7, 11) is 0. The quantitative estimate of drug-likeness (QED) is 0.705. The van der Waals surface area contributed by atoms with E-state index in [1.54, 1.807) is 6.08 Å². The lowest BCUT2D eigenvalue weighted by atomic mass is 10.1. The number of hydrogen-bond acceptors (Lipinski definition) is 3. The highest BCUT2D eigenvalue weighted by molar-refractivity contribution is 5.81. The van der Waals surface area contributed by atoms with Crippen molar-refractivity contribution in [3.63, 3.8) is 0 Å². The summed E-state index contributed by atoms with van der Waals surface area (Å²) in [6.07, 6.45) is 2.96. The van der Waals surface area contributed by atoms with E-state index < -0.39 is 0 Å². The highest BCUT2D eigenvalue weighted by Gasteiger charge is 2.26. The maximum Gasteiger partial charge on any atom is 0.237 e. The predicted octanol–water partition coefficient (Wildman–Crippen LogP) is 0.788. The Kier molecular flexibility index (Phi) is 5.49. The fourth-order valence-electron chi connectivity index (χ4n) is 1.83. The number of rotatable bonds is 5. The minimum Gasteiger partial charge on any atom is -0.376 e. The third kappa shape index (κ3) is 3.61. The third-order valence-electron chi connectivity index (χ3n) is 2.97. The molecule has 16 heavy (non-hydrogen) atoms. The minimum absolute atomic E-state index is 0.0663. The number of ether oxygens (including phenoxy) is 1. The standard InChI is InChI=1S/C12H22N2O2/c1-4-6-13-12(15)10(3)14-7-8-16-11(5-2)9-14/h4,10-11H,1,5-9H2,2-3H3,(H,13,15)/t10-,11-/m1/s1. The van der Waals surface area contributed by atoms with E-state index >= 15 is 0 Å². The number of amides is 1. The zero-order valence-electron chi connectivity index (χ0n) is 10.2. The molecule has 0 spiro atoms. The Labute approximate surface area is 97.6 Å². The van der Waals surface area contributed by atoms with Gasteiger partial charge in [-0.25, -0.2) is 0 Å². The van der Waals surface area contributed by atoms with Crippen LogP contribution in [0.5, 0.6) is 0 Å². The summed E-state index contributed by atoms with van der Waals surface area (Å²) < 4.78 is 5.58. The van der Waals surface area contributed by atoms with Crippen molar-refractivity contribution in [2.75, 3.05) is 26.2 Å². The number of nitrogens with zero attached hydrogens (tertiary/aromatic N) is 1. The van der Waals surface area contributed by atoms with Crippen molar-refractivity contribution in [2.24, 2.45) is 0 Å². The van der Waals surface area contributed by atoms with Crippen LogP contribution in [-0.4, -0.2) is 49.2 Å². The third-order valence-corrected chi connectivity index (χ3v) is 2.97. The van der Waals surface area contributed by atoms with Gasteiger partial charge in [-0.15, -0.1) is 6.58 Å². The summed E-state index contributed by atoms with van der Waals surface area (Å²) in [4.78, 5) is 13.9. The zero-order valence-corrected chi connectivity index (χ0v) is 10.2. The first-order valence-electron chi connectivity index (χ1n) is 5.93. The van der Waals surface area contributed by atoms with Gasteiger partial charge in [0, 0.05) is 19.6 Å². The summed E-state index contributed by atoms with van der Waals surface area (Å²) in [6, 6.07) is -0.0853. The minimum atomic E-state index is -0.0853. The average molecular weight is 226 g/mol. The summed E-state index contributed by atoms with van der Waals surface area (Å²) >= 11 is 0. The summed E-state index contributed by atoms with van der Waals surface area (Å²) in [5, 5.41) is 2.82. The zero-order chi connectivity index (χ0) is 12.0. The van der Waals surface area contributed by atoms with E-state index in [0.29, 0.717) is 6.54 Å².